The second-order valence-corrected chi connectivity index (χ2v) is 17.7. The van der Waals surface area contributed by atoms with Crippen molar-refractivity contribution in [2.24, 2.45) is 50.7 Å². The number of nitrogens with zero attached hydrogens (tertiary/aromatic N) is 1. The average Bonchev–Trinajstić information content (AvgIpc) is 2.78. The van der Waals surface area contributed by atoms with E-state index in [9.17, 15) is 23.6 Å². The average molecular weight is 545 g/mol. The normalized spacial score (nSPS) is 49.4. The van der Waals surface area contributed by atoms with E-state index in [0.29, 0.717) is 12.0 Å². The Morgan fingerprint density at radius 3 is 2.21 bits per heavy atom. The third kappa shape index (κ3) is 3.68. The lowest BCUT2D eigenvalue weighted by Gasteiger charge is -2.72. The second kappa shape index (κ2) is 8.17. The summed E-state index contributed by atoms with van der Waals surface area (Å²) in [7, 11) is -3.43. The molecule has 9 atom stereocenters. The maximum atomic E-state index is 14.5. The number of aliphatic hydroxyl groups excluding tert-OH is 1. The van der Waals surface area contributed by atoms with Gasteiger partial charge in [-0.05, 0) is 89.8 Å². The summed E-state index contributed by atoms with van der Waals surface area (Å²) in [6.07, 6.45) is 9.03. The zero-order valence-corrected chi connectivity index (χ0v) is 25.5. The topological polar surface area (TPSA) is 107 Å². The van der Waals surface area contributed by atoms with Crippen molar-refractivity contribution in [3.8, 4) is 6.07 Å². The number of nitrogens with one attached hydrogen (secondary N) is 1. The molecule has 2 N–H and O–H groups in total. The smallest absolute Gasteiger partial charge is 0.209 e. The molecule has 0 saturated heterocycles. The Hall–Kier alpha value is -1.23. The molecule has 0 aromatic rings. The van der Waals surface area contributed by atoms with Crippen molar-refractivity contribution in [2.75, 3.05) is 6.26 Å². The molecule has 0 aromatic heterocycles. The highest BCUT2D eigenvalue weighted by Gasteiger charge is 2.72. The van der Waals surface area contributed by atoms with E-state index in [0.717, 1.165) is 44.9 Å². The van der Waals surface area contributed by atoms with Crippen LogP contribution >= 0.6 is 0 Å². The minimum Gasteiger partial charge on any atom is -0.387 e. The molecular formula is C31H48N2O4S. The van der Waals surface area contributed by atoms with Crippen LogP contribution in [0.1, 0.15) is 99.8 Å². The number of ketones is 1. The first-order chi connectivity index (χ1) is 17.3. The quantitative estimate of drug-likeness (QED) is 0.485. The summed E-state index contributed by atoms with van der Waals surface area (Å²) in [6, 6.07) is 2.29. The number of aliphatic hydroxyl groups is 1. The summed E-state index contributed by atoms with van der Waals surface area (Å²) in [4.78, 5) is 14.5. The van der Waals surface area contributed by atoms with Gasteiger partial charge < -0.3 is 5.11 Å². The molecule has 0 amide bonds. The summed E-state index contributed by atoms with van der Waals surface area (Å²) in [5.41, 5.74) is -1.28. The largest absolute Gasteiger partial charge is 0.387 e. The predicted octanol–water partition coefficient (Wildman–Crippen LogP) is 5.38. The number of Topliss-reactive ketones (excluding diaryl/α,β-unsaturated/α-hetero) is 1. The number of fused-ring (bicyclic) bond motifs is 7. The van der Waals surface area contributed by atoms with Gasteiger partial charge in [-0.3, -0.25) is 4.79 Å². The molecular weight excluding hydrogens is 496 g/mol. The Morgan fingerprint density at radius 2 is 1.61 bits per heavy atom. The van der Waals surface area contributed by atoms with Gasteiger partial charge >= 0.3 is 0 Å². The minimum atomic E-state index is -3.43. The van der Waals surface area contributed by atoms with Gasteiger partial charge in [0.25, 0.3) is 0 Å². The van der Waals surface area contributed by atoms with Gasteiger partial charge in [0.1, 0.15) is 5.78 Å². The van der Waals surface area contributed by atoms with E-state index in [1.54, 1.807) is 0 Å². The maximum Gasteiger partial charge on any atom is 0.209 e. The lowest BCUT2D eigenvalue weighted by atomic mass is 9.32. The third-order valence-corrected chi connectivity index (χ3v) is 13.8. The number of carbonyl (C=O) groups is 1. The second-order valence-electron chi connectivity index (χ2n) is 15.9. The number of nitriles is 1. The molecule has 0 aliphatic heterocycles. The van der Waals surface area contributed by atoms with E-state index in [-0.39, 0.29) is 51.1 Å². The van der Waals surface area contributed by atoms with Crippen LogP contribution in [0, 0.1) is 62.1 Å². The molecule has 4 fully saturated rings. The van der Waals surface area contributed by atoms with Gasteiger partial charge in [-0.1, -0.05) is 54.5 Å². The van der Waals surface area contributed by atoms with Crippen LogP contribution in [0.15, 0.2) is 11.6 Å². The number of hydrogen-bond donors (Lipinski definition) is 2. The standard InChI is InChI=1S/C31H48N2O4S/c1-26(2)11-13-31(33-38(8,36)37)14-12-30(7)24(20(31)17-26)21(34)15-23-28(5)16-19(18-32)25(35)27(3,4)22(28)9-10-29(23,30)6/h16,20,22-25,33,35H,9-15,17H2,1-8H3/t20-,22-,23+,24-,25?,28-,29+,30+,31-/m0/s1. The molecule has 1 unspecified atom stereocenters. The zero-order chi connectivity index (χ0) is 28.3. The first kappa shape index (κ1) is 28.3. The van der Waals surface area contributed by atoms with Crippen LogP contribution in [0.4, 0.5) is 0 Å². The van der Waals surface area contributed by atoms with Gasteiger partial charge in [0, 0.05) is 17.9 Å². The fourth-order valence-corrected chi connectivity index (χ4v) is 12.1. The highest BCUT2D eigenvalue weighted by Crippen LogP contribution is 2.75. The van der Waals surface area contributed by atoms with Crippen LogP contribution in [0.25, 0.3) is 0 Å². The van der Waals surface area contributed by atoms with Gasteiger partial charge in [-0.15, -0.1) is 0 Å². The van der Waals surface area contributed by atoms with E-state index < -0.39 is 27.1 Å². The molecule has 38 heavy (non-hydrogen) atoms. The lowest BCUT2D eigenvalue weighted by Crippen LogP contribution is -2.72. The van der Waals surface area contributed by atoms with Gasteiger partial charge in [0.15, 0.2) is 0 Å². The molecule has 0 aromatic carbocycles. The van der Waals surface area contributed by atoms with Crippen molar-refractivity contribution < 1.29 is 18.3 Å². The van der Waals surface area contributed by atoms with E-state index >= 15 is 0 Å². The molecule has 4 saturated carbocycles. The Bertz CT molecular complexity index is 1230. The van der Waals surface area contributed by atoms with Crippen molar-refractivity contribution in [1.82, 2.24) is 4.72 Å². The van der Waals surface area contributed by atoms with Crippen molar-refractivity contribution in [2.45, 2.75) is 111 Å². The van der Waals surface area contributed by atoms with Gasteiger partial charge in [-0.25, -0.2) is 13.1 Å². The van der Waals surface area contributed by atoms with E-state index in [2.05, 4.69) is 59.3 Å². The van der Waals surface area contributed by atoms with Crippen LogP contribution in [0.5, 0.6) is 0 Å². The number of hydrogen-bond acceptors (Lipinski definition) is 5. The molecule has 212 valence electrons. The molecule has 5 aliphatic carbocycles. The van der Waals surface area contributed by atoms with Crippen LogP contribution in [0.3, 0.4) is 0 Å². The molecule has 0 spiro atoms. The van der Waals surface area contributed by atoms with Crippen molar-refractivity contribution in [3.05, 3.63) is 11.6 Å². The molecule has 0 heterocycles. The summed E-state index contributed by atoms with van der Waals surface area (Å²) in [6.45, 7) is 15.6. The van der Waals surface area contributed by atoms with Crippen molar-refractivity contribution in [3.63, 3.8) is 0 Å². The third-order valence-electron chi connectivity index (χ3n) is 13.1. The minimum absolute atomic E-state index is 0.0228. The van der Waals surface area contributed by atoms with Gasteiger partial charge in [0.05, 0.1) is 24.0 Å². The highest BCUT2D eigenvalue weighted by atomic mass is 32.2. The van der Waals surface area contributed by atoms with Gasteiger partial charge in [0.2, 0.25) is 10.0 Å². The highest BCUT2D eigenvalue weighted by molar-refractivity contribution is 7.88. The van der Waals surface area contributed by atoms with Crippen LogP contribution in [-0.4, -0.2) is 37.2 Å². The lowest BCUT2D eigenvalue weighted by molar-refractivity contribution is -0.219. The first-order valence-corrected chi connectivity index (χ1v) is 16.5. The van der Waals surface area contributed by atoms with E-state index in [4.69, 9.17) is 0 Å². The van der Waals surface area contributed by atoms with Crippen molar-refractivity contribution in [1.29, 1.82) is 5.26 Å². The van der Waals surface area contributed by atoms with Crippen LogP contribution in [0.2, 0.25) is 0 Å². The monoisotopic (exact) mass is 544 g/mol. The number of allylic oxidation sites excluding steroid dienone is 1. The fraction of sp³-hybridized carbons (Fsp3) is 0.871. The number of rotatable bonds is 2. The molecule has 7 heteroatoms. The van der Waals surface area contributed by atoms with Gasteiger partial charge in [-0.2, -0.15) is 5.26 Å². The Labute approximate surface area is 230 Å². The Balaban J connectivity index is 1.63. The van der Waals surface area contributed by atoms with Crippen LogP contribution < -0.4 is 4.72 Å². The summed E-state index contributed by atoms with van der Waals surface area (Å²) in [5, 5.41) is 21.0. The van der Waals surface area contributed by atoms with Crippen molar-refractivity contribution >= 4 is 15.8 Å². The summed E-state index contributed by atoms with van der Waals surface area (Å²) >= 11 is 0. The van der Waals surface area contributed by atoms with Crippen LogP contribution in [-0.2, 0) is 14.8 Å². The molecule has 5 rings (SSSR count). The Kier molecular flexibility index (Phi) is 6.08. The number of carbonyl (C=O) groups excluding carboxylic acids is 1. The van der Waals surface area contributed by atoms with E-state index in [1.807, 2.05) is 6.08 Å². The summed E-state index contributed by atoms with van der Waals surface area (Å²) < 4.78 is 28.3. The molecule has 5 aliphatic rings. The SMILES string of the molecule is CC1(C)CC[C@]2(NS(C)(=O)=O)CC[C@]3(C)[C@H](C(=O)C[C@@H]4[C@@]5(C)C=C(C#N)C(O)C(C)(C)[C@@H]5CC[C@]43C)[C@@H]2C1. The zero-order valence-electron chi connectivity index (χ0n) is 24.6. The predicted molar refractivity (Wildman–Crippen MR) is 148 cm³/mol. The molecule has 0 bridgehead atoms. The fourth-order valence-electron chi connectivity index (χ4n) is 11.0. The maximum absolute atomic E-state index is 14.5. The summed E-state index contributed by atoms with van der Waals surface area (Å²) in [5.74, 6) is 0.314. The molecule has 0 radical (unpaired) electrons. The first-order valence-electron chi connectivity index (χ1n) is 14.6. The number of sulfonamides is 1. The van der Waals surface area contributed by atoms with E-state index in [1.165, 1.54) is 6.26 Å². The molecule has 6 nitrogen and oxygen atoms in total. The Morgan fingerprint density at radius 1 is 0.974 bits per heavy atom.